The summed E-state index contributed by atoms with van der Waals surface area (Å²) in [6.45, 7) is 2.20. The van der Waals surface area contributed by atoms with E-state index in [0.29, 0.717) is 23.2 Å². The van der Waals surface area contributed by atoms with Gasteiger partial charge in [-0.2, -0.15) is 13.2 Å². The van der Waals surface area contributed by atoms with Crippen molar-refractivity contribution in [3.63, 3.8) is 0 Å². The van der Waals surface area contributed by atoms with Gasteiger partial charge in [0.2, 0.25) is 5.91 Å². The average molecular weight is 479 g/mol. The van der Waals surface area contributed by atoms with E-state index in [1.54, 1.807) is 22.8 Å². The van der Waals surface area contributed by atoms with Crippen LogP contribution in [0.4, 0.5) is 18.9 Å². The molecule has 3 rings (SSSR count). The molecule has 0 bridgehead atoms. The molecule has 0 saturated carbocycles. The molecule has 3 aromatic rings. The number of alkyl halides is 3. The maximum absolute atomic E-state index is 12.9. The first-order chi connectivity index (χ1) is 15.7. The number of rotatable bonds is 9. The molecule has 174 valence electrons. The molecule has 0 saturated heterocycles. The molecule has 0 aliphatic rings. The zero-order chi connectivity index (χ0) is 24.0. The van der Waals surface area contributed by atoms with Gasteiger partial charge in [0.1, 0.15) is 12.4 Å². The van der Waals surface area contributed by atoms with Crippen molar-refractivity contribution in [3.8, 4) is 5.75 Å². The minimum absolute atomic E-state index is 0.0142. The maximum Gasteiger partial charge on any atom is 0.416 e. The molecule has 1 aromatic heterocycles. The summed E-state index contributed by atoms with van der Waals surface area (Å²) in [7, 11) is 0. The molecule has 2 amide bonds. The second-order valence-corrected chi connectivity index (χ2v) is 7.65. The highest BCUT2D eigenvalue weighted by Gasteiger charge is 2.30. The van der Waals surface area contributed by atoms with Crippen LogP contribution >= 0.6 is 11.8 Å². The zero-order valence-corrected chi connectivity index (χ0v) is 18.2. The quantitative estimate of drug-likeness (QED) is 0.453. The summed E-state index contributed by atoms with van der Waals surface area (Å²) in [5.41, 5.74) is 5.01. The fourth-order valence-electron chi connectivity index (χ4n) is 2.88. The van der Waals surface area contributed by atoms with E-state index in [1.165, 1.54) is 18.2 Å². The Balaban J connectivity index is 1.62. The standard InChI is InChI=1S/C21H20F3N5O3S/c1-2-29-17(11-32-14-7-5-6-13(10-14)21(22,23)24)27-28-20(29)33-12-18(30)26-16-9-4-3-8-15(16)19(25)31/h3-10H,2,11-12H2,1H3,(H2,25,31)(H,26,30). The van der Waals surface area contributed by atoms with Crippen LogP contribution in [-0.4, -0.2) is 32.3 Å². The summed E-state index contributed by atoms with van der Waals surface area (Å²) in [6.07, 6.45) is -4.47. The number of hydrogen-bond donors (Lipinski definition) is 2. The topological polar surface area (TPSA) is 112 Å². The lowest BCUT2D eigenvalue weighted by Crippen LogP contribution is -2.19. The Labute approximate surface area is 191 Å². The number of primary amides is 1. The summed E-state index contributed by atoms with van der Waals surface area (Å²) < 4.78 is 45.8. The van der Waals surface area contributed by atoms with Crippen molar-refractivity contribution in [2.45, 2.75) is 31.4 Å². The van der Waals surface area contributed by atoms with Gasteiger partial charge < -0.3 is 20.4 Å². The number of nitrogens with one attached hydrogen (secondary N) is 1. The largest absolute Gasteiger partial charge is 0.486 e. The van der Waals surface area contributed by atoms with Crippen LogP contribution in [0, 0.1) is 0 Å². The summed E-state index contributed by atoms with van der Waals surface area (Å²) in [5.74, 6) is -0.593. The summed E-state index contributed by atoms with van der Waals surface area (Å²) in [4.78, 5) is 23.8. The molecule has 1 heterocycles. The number of aromatic nitrogens is 3. The van der Waals surface area contributed by atoms with Gasteiger partial charge in [-0.15, -0.1) is 10.2 Å². The zero-order valence-electron chi connectivity index (χ0n) is 17.4. The Morgan fingerprint density at radius 3 is 2.61 bits per heavy atom. The van der Waals surface area contributed by atoms with Crippen molar-refractivity contribution in [2.75, 3.05) is 11.1 Å². The monoisotopic (exact) mass is 479 g/mol. The summed E-state index contributed by atoms with van der Waals surface area (Å²) in [6, 6.07) is 10.9. The second-order valence-electron chi connectivity index (χ2n) is 6.70. The Hall–Kier alpha value is -3.54. The number of benzene rings is 2. The smallest absolute Gasteiger partial charge is 0.416 e. The van der Waals surface area contributed by atoms with E-state index in [2.05, 4.69) is 15.5 Å². The Kier molecular flexibility index (Phi) is 7.59. The number of nitrogens with zero attached hydrogens (tertiary/aromatic N) is 3. The first kappa shape index (κ1) is 24.1. The molecule has 0 fully saturated rings. The first-order valence-electron chi connectivity index (χ1n) is 9.72. The highest BCUT2D eigenvalue weighted by atomic mass is 32.2. The van der Waals surface area contributed by atoms with Gasteiger partial charge in [0, 0.05) is 6.54 Å². The fraction of sp³-hybridized carbons (Fsp3) is 0.238. The predicted molar refractivity (Wildman–Crippen MR) is 116 cm³/mol. The van der Waals surface area contributed by atoms with Crippen LogP contribution in [0.15, 0.2) is 53.7 Å². The normalized spacial score (nSPS) is 11.3. The van der Waals surface area contributed by atoms with Crippen LogP contribution < -0.4 is 15.8 Å². The Morgan fingerprint density at radius 2 is 1.91 bits per heavy atom. The van der Waals surface area contributed by atoms with Crippen molar-refractivity contribution in [1.82, 2.24) is 14.8 Å². The summed E-state index contributed by atoms with van der Waals surface area (Å²) >= 11 is 1.12. The van der Waals surface area contributed by atoms with Crippen LogP contribution in [-0.2, 0) is 24.1 Å². The van der Waals surface area contributed by atoms with Crippen molar-refractivity contribution in [1.29, 1.82) is 0 Å². The number of thioether (sulfide) groups is 1. The average Bonchev–Trinajstić information content (AvgIpc) is 3.18. The molecule has 2 aromatic carbocycles. The van der Waals surface area contributed by atoms with Crippen LogP contribution in [0.1, 0.15) is 28.7 Å². The Morgan fingerprint density at radius 1 is 1.15 bits per heavy atom. The molecular weight excluding hydrogens is 459 g/mol. The third-order valence-electron chi connectivity index (χ3n) is 4.44. The van der Waals surface area contributed by atoms with E-state index in [9.17, 15) is 22.8 Å². The Bertz CT molecular complexity index is 1150. The third-order valence-corrected chi connectivity index (χ3v) is 5.40. The minimum Gasteiger partial charge on any atom is -0.486 e. The number of carbonyl (C=O) groups excluding carboxylic acids is 2. The molecule has 0 radical (unpaired) electrons. The number of carbonyl (C=O) groups is 2. The molecule has 0 aliphatic heterocycles. The fourth-order valence-corrected chi connectivity index (χ4v) is 3.70. The number of hydrogen-bond acceptors (Lipinski definition) is 6. The third kappa shape index (κ3) is 6.25. The summed E-state index contributed by atoms with van der Waals surface area (Å²) in [5, 5.41) is 11.1. The van der Waals surface area contributed by atoms with E-state index in [0.717, 1.165) is 23.9 Å². The molecule has 0 aliphatic carbocycles. The van der Waals surface area contributed by atoms with Gasteiger partial charge in [0.15, 0.2) is 11.0 Å². The van der Waals surface area contributed by atoms with Crippen LogP contribution in [0.25, 0.3) is 0 Å². The second kappa shape index (κ2) is 10.4. The molecular formula is C21H20F3N5O3S. The van der Waals surface area contributed by atoms with Crippen LogP contribution in [0.3, 0.4) is 0 Å². The number of halogens is 3. The van der Waals surface area contributed by atoms with Crippen molar-refractivity contribution in [2.24, 2.45) is 5.73 Å². The van der Waals surface area contributed by atoms with Crippen molar-refractivity contribution < 1.29 is 27.5 Å². The number of nitrogens with two attached hydrogens (primary N) is 1. The number of para-hydroxylation sites is 1. The van der Waals surface area contributed by atoms with Gasteiger partial charge in [-0.1, -0.05) is 30.0 Å². The molecule has 0 atom stereocenters. The maximum atomic E-state index is 12.9. The van der Waals surface area contributed by atoms with Crippen LogP contribution in [0.2, 0.25) is 0 Å². The van der Waals surface area contributed by atoms with E-state index >= 15 is 0 Å². The van der Waals surface area contributed by atoms with Gasteiger partial charge in [-0.25, -0.2) is 0 Å². The first-order valence-corrected chi connectivity index (χ1v) is 10.7. The molecule has 0 spiro atoms. The number of amides is 2. The molecule has 8 nitrogen and oxygen atoms in total. The van der Waals surface area contributed by atoms with Gasteiger partial charge in [0.05, 0.1) is 22.6 Å². The van der Waals surface area contributed by atoms with Crippen molar-refractivity contribution in [3.05, 3.63) is 65.5 Å². The van der Waals surface area contributed by atoms with Crippen LogP contribution in [0.5, 0.6) is 5.75 Å². The number of ether oxygens (including phenoxy) is 1. The van der Waals surface area contributed by atoms with E-state index < -0.39 is 17.6 Å². The molecule has 33 heavy (non-hydrogen) atoms. The lowest BCUT2D eigenvalue weighted by molar-refractivity contribution is -0.137. The lowest BCUT2D eigenvalue weighted by Gasteiger charge is -2.11. The van der Waals surface area contributed by atoms with E-state index in [1.807, 2.05) is 6.92 Å². The lowest BCUT2D eigenvalue weighted by atomic mass is 10.1. The molecule has 0 unspecified atom stereocenters. The van der Waals surface area contributed by atoms with E-state index in [-0.39, 0.29) is 29.6 Å². The van der Waals surface area contributed by atoms with Gasteiger partial charge in [-0.3, -0.25) is 9.59 Å². The van der Waals surface area contributed by atoms with Gasteiger partial charge >= 0.3 is 6.18 Å². The van der Waals surface area contributed by atoms with E-state index in [4.69, 9.17) is 10.5 Å². The minimum atomic E-state index is -4.47. The van der Waals surface area contributed by atoms with Crippen molar-refractivity contribution >= 4 is 29.3 Å². The SMILES string of the molecule is CCn1c(COc2cccc(C(F)(F)F)c2)nnc1SCC(=O)Nc1ccccc1C(N)=O. The predicted octanol–water partition coefficient (Wildman–Crippen LogP) is 3.73. The number of anilines is 1. The highest BCUT2D eigenvalue weighted by Crippen LogP contribution is 2.31. The highest BCUT2D eigenvalue weighted by molar-refractivity contribution is 7.99. The molecule has 3 N–H and O–H groups in total. The molecule has 12 heteroatoms. The van der Waals surface area contributed by atoms with Gasteiger partial charge in [0.25, 0.3) is 5.91 Å². The van der Waals surface area contributed by atoms with Gasteiger partial charge in [-0.05, 0) is 37.3 Å².